The van der Waals surface area contributed by atoms with E-state index in [9.17, 15) is 0 Å². The summed E-state index contributed by atoms with van der Waals surface area (Å²) in [4.78, 5) is 4.97. The zero-order valence-corrected chi connectivity index (χ0v) is 18.7. The van der Waals surface area contributed by atoms with Crippen LogP contribution in [-0.4, -0.2) is 9.55 Å². The van der Waals surface area contributed by atoms with Gasteiger partial charge >= 0.3 is 0 Å². The number of nitrogens with zero attached hydrogens (tertiary/aromatic N) is 3. The number of hydrogen-bond donors (Lipinski definition) is 0. The largest absolute Gasteiger partial charge is 0.291 e. The fraction of sp³-hybridized carbons (Fsp3) is 0.440. The second-order valence-electron chi connectivity index (χ2n) is 8.85. The van der Waals surface area contributed by atoms with E-state index in [4.69, 9.17) is 4.98 Å². The van der Waals surface area contributed by atoms with Crippen LogP contribution in [0.1, 0.15) is 68.5 Å². The van der Waals surface area contributed by atoms with Crippen molar-refractivity contribution in [2.24, 2.45) is 7.05 Å². The lowest BCUT2D eigenvalue weighted by Crippen LogP contribution is -2.31. The molecule has 1 aliphatic carbocycles. The summed E-state index contributed by atoms with van der Waals surface area (Å²) in [5.74, 6) is 1.80. The van der Waals surface area contributed by atoms with E-state index in [-0.39, 0.29) is 0 Å². The molecule has 0 N–H and O–H groups in total. The Labute approximate surface area is 177 Å². The highest BCUT2D eigenvalue weighted by atomic mass is 32.1. The molecule has 0 aliphatic heterocycles. The number of rotatable bonds is 3. The van der Waals surface area contributed by atoms with Crippen LogP contribution >= 0.6 is 11.3 Å². The van der Waals surface area contributed by atoms with Crippen molar-refractivity contribution in [2.45, 2.75) is 64.8 Å². The van der Waals surface area contributed by atoms with Gasteiger partial charge in [-0.25, -0.2) is 14.1 Å². The van der Waals surface area contributed by atoms with Gasteiger partial charge in [-0.05, 0) is 56.4 Å². The smallest absolute Gasteiger partial charge is 0.241 e. The summed E-state index contributed by atoms with van der Waals surface area (Å²) >= 11 is 1.88. The number of para-hydroxylation sites is 2. The van der Waals surface area contributed by atoms with E-state index >= 15 is 0 Å². The average Bonchev–Trinajstić information content (AvgIpc) is 3.29. The first kappa shape index (κ1) is 18.8. The van der Waals surface area contributed by atoms with Gasteiger partial charge in [0, 0.05) is 5.92 Å². The predicted octanol–water partition coefficient (Wildman–Crippen LogP) is 6.68. The number of imidazole rings is 1. The molecule has 0 unspecified atom stereocenters. The van der Waals surface area contributed by atoms with Crippen molar-refractivity contribution in [3.63, 3.8) is 0 Å². The molecule has 0 radical (unpaired) electrons. The molecule has 2 aromatic heterocycles. The van der Waals surface area contributed by atoms with E-state index in [1.165, 1.54) is 69.8 Å². The minimum absolute atomic E-state index is 0.457. The fourth-order valence-electron chi connectivity index (χ4n) is 4.97. The summed E-state index contributed by atoms with van der Waals surface area (Å²) in [5, 5.41) is 1.23. The predicted molar refractivity (Wildman–Crippen MR) is 123 cm³/mol. The fourth-order valence-corrected chi connectivity index (χ4v) is 6.13. The van der Waals surface area contributed by atoms with Crippen LogP contribution in [-0.2, 0) is 7.05 Å². The third kappa shape index (κ3) is 3.00. The Balaban J connectivity index is 1.86. The van der Waals surface area contributed by atoms with Crippen molar-refractivity contribution in [1.82, 2.24) is 9.55 Å². The molecule has 0 atom stereocenters. The van der Waals surface area contributed by atoms with E-state index in [0.29, 0.717) is 12.0 Å². The Morgan fingerprint density at radius 2 is 1.83 bits per heavy atom. The van der Waals surface area contributed by atoms with Gasteiger partial charge < -0.3 is 0 Å². The standard InChI is InChI=1S/C25H30N3S/c1-16(2)24-26-19-15-14-17(3)22(23(19)29-24)25-27(4)20-12-8-9-13-21(20)28(25)18-10-6-5-7-11-18/h8-9,12-16,18H,5-7,10-11H2,1-4H3/q+1. The zero-order chi connectivity index (χ0) is 20.1. The highest BCUT2D eigenvalue weighted by Crippen LogP contribution is 2.40. The van der Waals surface area contributed by atoms with Gasteiger partial charge in [0.1, 0.15) is 6.04 Å². The van der Waals surface area contributed by atoms with E-state index in [1.54, 1.807) is 0 Å². The van der Waals surface area contributed by atoms with Gasteiger partial charge in [-0.1, -0.05) is 38.5 Å². The lowest BCUT2D eigenvalue weighted by molar-refractivity contribution is -0.634. The summed E-state index contributed by atoms with van der Waals surface area (Å²) in [6.07, 6.45) is 6.60. The van der Waals surface area contributed by atoms with Crippen LogP contribution in [0.25, 0.3) is 32.6 Å². The maximum Gasteiger partial charge on any atom is 0.291 e. The summed E-state index contributed by atoms with van der Waals surface area (Å²) in [6.45, 7) is 6.74. The Morgan fingerprint density at radius 1 is 1.07 bits per heavy atom. The van der Waals surface area contributed by atoms with Crippen molar-refractivity contribution in [3.05, 3.63) is 47.0 Å². The van der Waals surface area contributed by atoms with E-state index in [0.717, 1.165) is 5.52 Å². The lowest BCUT2D eigenvalue weighted by atomic mass is 9.94. The molecule has 0 bridgehead atoms. The third-order valence-corrected chi connectivity index (χ3v) is 7.88. The Morgan fingerprint density at radius 3 is 2.59 bits per heavy atom. The van der Waals surface area contributed by atoms with Crippen molar-refractivity contribution < 1.29 is 4.57 Å². The average molecular weight is 405 g/mol. The minimum Gasteiger partial charge on any atom is -0.241 e. The number of fused-ring (bicyclic) bond motifs is 2. The molecule has 3 nitrogen and oxygen atoms in total. The van der Waals surface area contributed by atoms with Gasteiger partial charge in [-0.15, -0.1) is 11.3 Å². The third-order valence-electron chi connectivity index (χ3n) is 6.49. The molecule has 5 rings (SSSR count). The van der Waals surface area contributed by atoms with Crippen LogP contribution in [0.3, 0.4) is 0 Å². The first-order valence-electron chi connectivity index (χ1n) is 11.0. The van der Waals surface area contributed by atoms with E-state index in [2.05, 4.69) is 73.4 Å². The van der Waals surface area contributed by atoms with Crippen LogP contribution < -0.4 is 4.57 Å². The van der Waals surface area contributed by atoms with Crippen LogP contribution in [0, 0.1) is 6.92 Å². The molecule has 1 aliphatic rings. The molecule has 2 heterocycles. The van der Waals surface area contributed by atoms with Gasteiger partial charge in [-0.3, -0.25) is 0 Å². The molecule has 2 aromatic carbocycles. The number of benzene rings is 2. The van der Waals surface area contributed by atoms with Gasteiger partial charge in [0.2, 0.25) is 0 Å². The van der Waals surface area contributed by atoms with Crippen LogP contribution in [0.4, 0.5) is 0 Å². The van der Waals surface area contributed by atoms with Crippen molar-refractivity contribution in [1.29, 1.82) is 0 Å². The van der Waals surface area contributed by atoms with Crippen molar-refractivity contribution in [2.75, 3.05) is 0 Å². The second kappa shape index (κ2) is 7.24. The quantitative estimate of drug-likeness (QED) is 0.349. The van der Waals surface area contributed by atoms with E-state index in [1.807, 2.05) is 11.3 Å². The van der Waals surface area contributed by atoms with Crippen molar-refractivity contribution >= 4 is 32.6 Å². The van der Waals surface area contributed by atoms with E-state index < -0.39 is 0 Å². The molecule has 0 amide bonds. The molecule has 29 heavy (non-hydrogen) atoms. The molecule has 0 saturated heterocycles. The SMILES string of the molecule is Cc1ccc2nc(C(C)C)sc2c1-c1n(C2CCCCC2)c2ccccc2[n+]1C. The number of aromatic nitrogens is 3. The Hall–Kier alpha value is -2.20. The molecule has 1 fully saturated rings. The summed E-state index contributed by atoms with van der Waals surface area (Å²) in [5.41, 5.74) is 6.53. The number of aryl methyl sites for hydroxylation is 2. The maximum absolute atomic E-state index is 4.97. The molecule has 1 saturated carbocycles. The Bertz CT molecular complexity index is 1190. The molecule has 0 spiro atoms. The number of hydrogen-bond acceptors (Lipinski definition) is 2. The first-order chi connectivity index (χ1) is 14.1. The van der Waals surface area contributed by atoms with Gasteiger partial charge in [0.05, 0.1) is 27.8 Å². The Kier molecular flexibility index (Phi) is 4.70. The maximum atomic E-state index is 4.97. The minimum atomic E-state index is 0.457. The van der Waals surface area contributed by atoms with Gasteiger partial charge in [0.15, 0.2) is 11.0 Å². The molecule has 150 valence electrons. The van der Waals surface area contributed by atoms with Crippen LogP contribution in [0.2, 0.25) is 0 Å². The second-order valence-corrected chi connectivity index (χ2v) is 9.88. The zero-order valence-electron chi connectivity index (χ0n) is 17.9. The monoisotopic (exact) mass is 404 g/mol. The van der Waals surface area contributed by atoms with Crippen LogP contribution in [0.15, 0.2) is 36.4 Å². The van der Waals surface area contributed by atoms with Gasteiger partial charge in [0.25, 0.3) is 5.82 Å². The molecule has 4 aromatic rings. The highest BCUT2D eigenvalue weighted by Gasteiger charge is 2.33. The number of thiazole rings is 1. The first-order valence-corrected chi connectivity index (χ1v) is 11.8. The highest BCUT2D eigenvalue weighted by molar-refractivity contribution is 7.19. The molecular formula is C25H30N3S+. The molecular weight excluding hydrogens is 374 g/mol. The van der Waals surface area contributed by atoms with Gasteiger partial charge in [-0.2, -0.15) is 0 Å². The van der Waals surface area contributed by atoms with Crippen LogP contribution in [0.5, 0.6) is 0 Å². The topological polar surface area (TPSA) is 21.7 Å². The normalized spacial score (nSPS) is 15.8. The lowest BCUT2D eigenvalue weighted by Gasteiger charge is -2.21. The summed E-state index contributed by atoms with van der Waals surface area (Å²) < 4.78 is 6.41. The summed E-state index contributed by atoms with van der Waals surface area (Å²) in [7, 11) is 2.24. The molecule has 4 heteroatoms. The summed E-state index contributed by atoms with van der Waals surface area (Å²) in [6, 6.07) is 13.9. The van der Waals surface area contributed by atoms with Crippen molar-refractivity contribution in [3.8, 4) is 11.4 Å².